The number of nitrogens with zero attached hydrogens (tertiary/aromatic N) is 1. The molecule has 6 heteroatoms. The second-order valence-electron chi connectivity index (χ2n) is 4.17. The first-order chi connectivity index (χ1) is 8.63. The Bertz CT molecular complexity index is 603. The molecule has 0 amide bonds. The van der Waals surface area contributed by atoms with Crippen molar-refractivity contribution < 1.29 is 4.74 Å². The Kier molecular flexibility index (Phi) is 4.11. The van der Waals surface area contributed by atoms with Gasteiger partial charge in [0.15, 0.2) is 0 Å². The average molecular weight is 267 g/mol. The summed E-state index contributed by atoms with van der Waals surface area (Å²) in [5.41, 5.74) is 6.30. The molecule has 0 saturated heterocycles. The molecule has 0 aliphatic rings. The third kappa shape index (κ3) is 2.60. The first-order valence-electron chi connectivity index (χ1n) is 5.90. The molecule has 5 nitrogen and oxygen atoms in total. The van der Waals surface area contributed by atoms with Crippen LogP contribution in [-0.4, -0.2) is 23.1 Å². The Morgan fingerprint density at radius 2 is 2.22 bits per heavy atom. The second kappa shape index (κ2) is 5.60. The number of nitrogens with two attached hydrogens (primary N) is 1. The molecule has 0 fully saturated rings. The Balaban J connectivity index is 2.24. The third-order valence-electron chi connectivity index (χ3n) is 2.82. The van der Waals surface area contributed by atoms with Crippen LogP contribution >= 0.6 is 11.3 Å². The predicted octanol–water partition coefficient (Wildman–Crippen LogP) is 1.47. The number of hydrogen-bond acceptors (Lipinski definition) is 5. The van der Waals surface area contributed by atoms with Crippen molar-refractivity contribution in [2.75, 3.05) is 13.2 Å². The van der Waals surface area contributed by atoms with Gasteiger partial charge in [0.1, 0.15) is 17.3 Å². The molecule has 18 heavy (non-hydrogen) atoms. The summed E-state index contributed by atoms with van der Waals surface area (Å²) in [6.45, 7) is 5.45. The maximum absolute atomic E-state index is 12.0. The quantitative estimate of drug-likeness (QED) is 0.804. The standard InChI is InChI=1S/C12H17N3O2S/c1-7-8(2)18-12-10(7)11(16)14-9(15-12)6-17-5-3-4-13/h3-6,13H2,1-2H3,(H,14,15,16). The van der Waals surface area contributed by atoms with Gasteiger partial charge < -0.3 is 15.5 Å². The Hall–Kier alpha value is -1.24. The van der Waals surface area contributed by atoms with Crippen molar-refractivity contribution in [1.82, 2.24) is 9.97 Å². The fraction of sp³-hybridized carbons (Fsp3) is 0.500. The number of nitrogens with one attached hydrogen (secondary N) is 1. The number of fused-ring (bicyclic) bond motifs is 1. The van der Waals surface area contributed by atoms with Crippen molar-refractivity contribution in [2.24, 2.45) is 5.73 Å². The van der Waals surface area contributed by atoms with Crippen LogP contribution in [-0.2, 0) is 11.3 Å². The number of aromatic amines is 1. The molecular formula is C12H17N3O2S. The van der Waals surface area contributed by atoms with Gasteiger partial charge in [0, 0.05) is 11.5 Å². The SMILES string of the molecule is Cc1sc2nc(COCCCN)[nH]c(=O)c2c1C. The van der Waals surface area contributed by atoms with E-state index in [9.17, 15) is 4.79 Å². The number of H-pyrrole nitrogens is 1. The van der Waals surface area contributed by atoms with Crippen molar-refractivity contribution in [2.45, 2.75) is 26.9 Å². The van der Waals surface area contributed by atoms with Crippen molar-refractivity contribution in [3.8, 4) is 0 Å². The summed E-state index contributed by atoms with van der Waals surface area (Å²) in [7, 11) is 0. The number of thiophene rings is 1. The smallest absolute Gasteiger partial charge is 0.259 e. The zero-order valence-electron chi connectivity index (χ0n) is 10.6. The van der Waals surface area contributed by atoms with Crippen molar-refractivity contribution in [1.29, 1.82) is 0 Å². The van der Waals surface area contributed by atoms with Crippen LogP contribution in [0.2, 0.25) is 0 Å². The summed E-state index contributed by atoms with van der Waals surface area (Å²) in [4.78, 5) is 21.1. The van der Waals surface area contributed by atoms with E-state index in [0.29, 0.717) is 31.0 Å². The minimum atomic E-state index is -0.0840. The monoisotopic (exact) mass is 267 g/mol. The van der Waals surface area contributed by atoms with Gasteiger partial charge in [-0.15, -0.1) is 11.3 Å². The Labute approximate surface area is 109 Å². The van der Waals surface area contributed by atoms with Gasteiger partial charge in [-0.3, -0.25) is 4.79 Å². The van der Waals surface area contributed by atoms with Crippen LogP contribution < -0.4 is 11.3 Å². The lowest BCUT2D eigenvalue weighted by molar-refractivity contribution is 0.114. The first-order valence-corrected chi connectivity index (χ1v) is 6.72. The lowest BCUT2D eigenvalue weighted by Gasteiger charge is -2.02. The number of ether oxygens (including phenoxy) is 1. The molecule has 98 valence electrons. The molecular weight excluding hydrogens is 250 g/mol. The van der Waals surface area contributed by atoms with Gasteiger partial charge in [0.05, 0.1) is 5.39 Å². The van der Waals surface area contributed by atoms with E-state index < -0.39 is 0 Å². The minimum absolute atomic E-state index is 0.0840. The molecule has 0 aliphatic heterocycles. The molecule has 2 rings (SSSR count). The highest BCUT2D eigenvalue weighted by molar-refractivity contribution is 7.18. The van der Waals surface area contributed by atoms with Gasteiger partial charge in [0.2, 0.25) is 0 Å². The van der Waals surface area contributed by atoms with Crippen LogP contribution in [0.1, 0.15) is 22.7 Å². The molecule has 0 unspecified atom stereocenters. The van der Waals surface area contributed by atoms with Crippen LogP contribution in [0.15, 0.2) is 4.79 Å². The van der Waals surface area contributed by atoms with E-state index in [0.717, 1.165) is 21.7 Å². The van der Waals surface area contributed by atoms with E-state index in [4.69, 9.17) is 10.5 Å². The van der Waals surface area contributed by atoms with Crippen molar-refractivity contribution in [3.05, 3.63) is 26.6 Å². The molecule has 2 aromatic rings. The van der Waals surface area contributed by atoms with E-state index in [2.05, 4.69) is 9.97 Å². The minimum Gasteiger partial charge on any atom is -0.373 e. The van der Waals surface area contributed by atoms with Crippen LogP contribution in [0, 0.1) is 13.8 Å². The van der Waals surface area contributed by atoms with Crippen LogP contribution in [0.25, 0.3) is 10.2 Å². The maximum atomic E-state index is 12.0. The average Bonchev–Trinajstić information content (AvgIpc) is 2.61. The largest absolute Gasteiger partial charge is 0.373 e. The maximum Gasteiger partial charge on any atom is 0.259 e. The van der Waals surface area contributed by atoms with E-state index in [1.54, 1.807) is 11.3 Å². The normalized spacial score (nSPS) is 11.3. The highest BCUT2D eigenvalue weighted by atomic mass is 32.1. The zero-order chi connectivity index (χ0) is 13.1. The van der Waals surface area contributed by atoms with E-state index in [1.165, 1.54) is 0 Å². The molecule has 2 heterocycles. The fourth-order valence-corrected chi connectivity index (χ4v) is 2.77. The van der Waals surface area contributed by atoms with Gasteiger partial charge in [-0.2, -0.15) is 0 Å². The third-order valence-corrected chi connectivity index (χ3v) is 3.92. The number of rotatable bonds is 5. The van der Waals surface area contributed by atoms with E-state index in [1.807, 2.05) is 13.8 Å². The highest BCUT2D eigenvalue weighted by Gasteiger charge is 2.11. The highest BCUT2D eigenvalue weighted by Crippen LogP contribution is 2.25. The molecule has 0 radical (unpaired) electrons. The molecule has 0 aromatic carbocycles. The molecule has 0 bridgehead atoms. The molecule has 0 atom stereocenters. The summed E-state index contributed by atoms with van der Waals surface area (Å²) in [6.07, 6.45) is 0.809. The molecule has 0 saturated carbocycles. The van der Waals surface area contributed by atoms with Crippen molar-refractivity contribution in [3.63, 3.8) is 0 Å². The first kappa shape index (κ1) is 13.2. The van der Waals surface area contributed by atoms with Gasteiger partial charge >= 0.3 is 0 Å². The van der Waals surface area contributed by atoms with E-state index in [-0.39, 0.29) is 5.56 Å². The second-order valence-corrected chi connectivity index (χ2v) is 5.37. The summed E-state index contributed by atoms with van der Waals surface area (Å²) in [5.74, 6) is 0.575. The van der Waals surface area contributed by atoms with Crippen molar-refractivity contribution >= 4 is 21.6 Å². The van der Waals surface area contributed by atoms with Gasteiger partial charge in [-0.25, -0.2) is 4.98 Å². The Morgan fingerprint density at radius 1 is 1.44 bits per heavy atom. The molecule has 0 spiro atoms. The molecule has 0 aliphatic carbocycles. The summed E-state index contributed by atoms with van der Waals surface area (Å²) < 4.78 is 5.39. The molecule has 3 N–H and O–H groups in total. The van der Waals surface area contributed by atoms with E-state index >= 15 is 0 Å². The zero-order valence-corrected chi connectivity index (χ0v) is 11.4. The van der Waals surface area contributed by atoms with Gasteiger partial charge in [0.25, 0.3) is 5.56 Å². The summed E-state index contributed by atoms with van der Waals surface area (Å²) in [5, 5.41) is 0.697. The lowest BCUT2D eigenvalue weighted by atomic mass is 10.2. The lowest BCUT2D eigenvalue weighted by Crippen LogP contribution is -2.13. The number of aryl methyl sites for hydroxylation is 2. The molecule has 2 aromatic heterocycles. The summed E-state index contributed by atoms with van der Waals surface area (Å²) in [6, 6.07) is 0. The summed E-state index contributed by atoms with van der Waals surface area (Å²) >= 11 is 1.54. The number of aromatic nitrogens is 2. The fourth-order valence-electron chi connectivity index (χ4n) is 1.72. The topological polar surface area (TPSA) is 81.0 Å². The van der Waals surface area contributed by atoms with Gasteiger partial charge in [-0.1, -0.05) is 0 Å². The van der Waals surface area contributed by atoms with Crippen LogP contribution in [0.5, 0.6) is 0 Å². The number of hydrogen-bond donors (Lipinski definition) is 2. The van der Waals surface area contributed by atoms with Crippen LogP contribution in [0.3, 0.4) is 0 Å². The van der Waals surface area contributed by atoms with Gasteiger partial charge in [-0.05, 0) is 32.4 Å². The predicted molar refractivity (Wildman–Crippen MR) is 73.0 cm³/mol. The Morgan fingerprint density at radius 3 is 2.94 bits per heavy atom. The van der Waals surface area contributed by atoms with Crippen LogP contribution in [0.4, 0.5) is 0 Å².